The van der Waals surface area contributed by atoms with Gasteiger partial charge in [0, 0.05) is 41.8 Å². The van der Waals surface area contributed by atoms with Crippen molar-refractivity contribution in [1.29, 1.82) is 0 Å². The summed E-state index contributed by atoms with van der Waals surface area (Å²) in [6, 6.07) is 13.8. The zero-order valence-electron chi connectivity index (χ0n) is 35.2. The zero-order valence-corrected chi connectivity index (χ0v) is 35.2. The summed E-state index contributed by atoms with van der Waals surface area (Å²) in [5.41, 5.74) is 5.11. The quantitative estimate of drug-likeness (QED) is 0.0504. The van der Waals surface area contributed by atoms with Crippen molar-refractivity contribution in [2.24, 2.45) is 11.8 Å². The molecule has 0 spiro atoms. The highest BCUT2D eigenvalue weighted by Gasteiger charge is 2.45. The largest absolute Gasteiger partial charge is 0.496 e. The van der Waals surface area contributed by atoms with Crippen LogP contribution in [0.2, 0.25) is 0 Å². The lowest BCUT2D eigenvalue weighted by Crippen LogP contribution is -2.12. The van der Waals surface area contributed by atoms with Gasteiger partial charge in [0.1, 0.15) is 51.7 Å². The van der Waals surface area contributed by atoms with E-state index in [2.05, 4.69) is 9.97 Å². The summed E-state index contributed by atoms with van der Waals surface area (Å²) >= 11 is 0. The van der Waals surface area contributed by atoms with Crippen molar-refractivity contribution in [3.8, 4) is 45.5 Å². The lowest BCUT2D eigenvalue weighted by atomic mass is 9.98. The summed E-state index contributed by atoms with van der Waals surface area (Å²) in [6.07, 6.45) is 15.9. The maximum Gasteiger partial charge on any atom is 0.387 e. The molecule has 12 nitrogen and oxygen atoms in total. The predicted octanol–water partition coefficient (Wildman–Crippen LogP) is 9.44. The number of aliphatic hydroxyl groups excluding tert-OH is 1. The fraction of sp³-hybridized carbons (Fsp3) is 0.396. The van der Waals surface area contributed by atoms with Crippen molar-refractivity contribution >= 4 is 29.1 Å². The van der Waals surface area contributed by atoms with Gasteiger partial charge < -0.3 is 28.8 Å². The normalized spacial score (nSPS) is 17.0. The Labute approximate surface area is 365 Å². The molecule has 0 aliphatic heterocycles. The third-order valence-electron chi connectivity index (χ3n) is 12.9. The number of nitrogens with zero attached hydrogens (tertiary/aromatic N) is 4. The lowest BCUT2D eigenvalue weighted by Gasteiger charge is -2.16. The van der Waals surface area contributed by atoms with Gasteiger partial charge in [0.15, 0.2) is 11.6 Å². The molecule has 2 aromatic carbocycles. The summed E-state index contributed by atoms with van der Waals surface area (Å²) in [5.74, 6) is 0.0633. The molecular weight excluding hydrogens is 837 g/mol. The number of hydrogen-bond acceptors (Lipinski definition) is 10. The van der Waals surface area contributed by atoms with Crippen LogP contribution in [0.3, 0.4) is 0 Å². The summed E-state index contributed by atoms with van der Waals surface area (Å²) in [7, 11) is 2.80. The number of ether oxygens (including phenoxy) is 4. The third-order valence-corrected chi connectivity index (χ3v) is 12.9. The number of hydrogen-bond donors (Lipinski definition) is 1. The van der Waals surface area contributed by atoms with Gasteiger partial charge in [-0.2, -0.15) is 17.6 Å². The molecule has 0 radical (unpaired) electrons. The first-order valence-corrected chi connectivity index (χ1v) is 21.3. The Morgan fingerprint density at radius 3 is 1.52 bits per heavy atom. The fourth-order valence-electron chi connectivity index (χ4n) is 8.42. The Morgan fingerprint density at radius 1 is 0.703 bits per heavy atom. The Morgan fingerprint density at radius 2 is 1.14 bits per heavy atom. The van der Waals surface area contributed by atoms with Gasteiger partial charge in [0.2, 0.25) is 0 Å². The van der Waals surface area contributed by atoms with Crippen LogP contribution in [0, 0.1) is 11.8 Å². The number of carbonyl (C=O) groups is 3. The van der Waals surface area contributed by atoms with Crippen LogP contribution in [0.1, 0.15) is 96.1 Å². The molecule has 4 aliphatic rings. The molecule has 10 rings (SSSR count). The Bertz CT molecular complexity index is 2770. The maximum absolute atomic E-state index is 13.2. The topological polar surface area (TPSA) is 143 Å². The molecule has 4 aromatic heterocycles. The van der Waals surface area contributed by atoms with Gasteiger partial charge in [0.25, 0.3) is 0 Å². The summed E-state index contributed by atoms with van der Waals surface area (Å²) in [6.45, 7) is -6.05. The van der Waals surface area contributed by atoms with Crippen molar-refractivity contribution in [3.05, 3.63) is 95.6 Å². The van der Waals surface area contributed by atoms with Crippen LogP contribution >= 0.6 is 0 Å². The molecule has 64 heavy (non-hydrogen) atoms. The molecule has 0 saturated heterocycles. The highest BCUT2D eigenvalue weighted by atomic mass is 19.3. The first-order chi connectivity index (χ1) is 30.9. The average Bonchev–Trinajstić information content (AvgIpc) is 4.09. The molecule has 0 atom stereocenters. The zero-order chi connectivity index (χ0) is 44.9. The Balaban J connectivity index is 0.000000162. The van der Waals surface area contributed by atoms with E-state index >= 15 is 0 Å². The Kier molecular flexibility index (Phi) is 11.4. The van der Waals surface area contributed by atoms with Crippen LogP contribution in [0.4, 0.5) is 17.6 Å². The third kappa shape index (κ3) is 8.54. The van der Waals surface area contributed by atoms with Crippen LogP contribution in [0.5, 0.6) is 23.0 Å². The molecule has 0 unspecified atom stereocenters. The van der Waals surface area contributed by atoms with Crippen molar-refractivity contribution in [2.75, 3.05) is 20.8 Å². The smallest absolute Gasteiger partial charge is 0.387 e. The molecule has 4 heterocycles. The molecule has 4 saturated carbocycles. The number of aliphatic hydroxyl groups is 1. The molecule has 4 aliphatic carbocycles. The van der Waals surface area contributed by atoms with E-state index < -0.39 is 18.6 Å². The van der Waals surface area contributed by atoms with E-state index in [9.17, 15) is 37.1 Å². The van der Waals surface area contributed by atoms with Gasteiger partial charge >= 0.3 is 13.2 Å². The molecule has 0 bridgehead atoms. The number of rotatable bonds is 18. The minimum atomic E-state index is -3.08. The molecule has 0 amide bonds. The second-order valence-corrected chi connectivity index (χ2v) is 17.3. The van der Waals surface area contributed by atoms with E-state index in [1.165, 1.54) is 26.4 Å². The first kappa shape index (κ1) is 43.0. The number of pyridine rings is 2. The number of halogens is 4. The van der Waals surface area contributed by atoms with Gasteiger partial charge in [-0.1, -0.05) is 0 Å². The van der Waals surface area contributed by atoms with Gasteiger partial charge in [-0.05, 0) is 123 Å². The monoisotopic (exact) mass is 882 g/mol. The van der Waals surface area contributed by atoms with E-state index in [4.69, 9.17) is 18.9 Å². The van der Waals surface area contributed by atoms with Crippen LogP contribution < -0.4 is 18.9 Å². The minimum absolute atomic E-state index is 0.0428. The van der Waals surface area contributed by atoms with Crippen molar-refractivity contribution in [1.82, 2.24) is 18.8 Å². The van der Waals surface area contributed by atoms with Crippen molar-refractivity contribution < 1.29 is 56.0 Å². The second-order valence-electron chi connectivity index (χ2n) is 17.3. The fourth-order valence-corrected chi connectivity index (χ4v) is 8.42. The number of aromatic nitrogens is 4. The van der Waals surface area contributed by atoms with E-state index in [0.29, 0.717) is 52.1 Å². The van der Waals surface area contributed by atoms with E-state index in [-0.39, 0.29) is 64.1 Å². The van der Waals surface area contributed by atoms with Crippen LogP contribution in [0.15, 0.2) is 73.3 Å². The molecule has 6 aromatic rings. The Hall–Kier alpha value is -6.29. The number of aldehydes is 1. The average molecular weight is 883 g/mol. The number of carbonyl (C=O) groups excluding carboxylic acids is 3. The number of imidazole rings is 2. The van der Waals surface area contributed by atoms with Gasteiger partial charge in [-0.3, -0.25) is 18.4 Å². The molecule has 16 heteroatoms. The number of fused-ring (bicyclic) bond motifs is 2. The number of benzene rings is 2. The lowest BCUT2D eigenvalue weighted by molar-refractivity contribution is -0.109. The van der Waals surface area contributed by atoms with E-state index in [1.807, 2.05) is 41.1 Å². The van der Waals surface area contributed by atoms with Crippen molar-refractivity contribution in [3.63, 3.8) is 0 Å². The molecular formula is C48H46F4N4O8. The number of ketones is 2. The maximum atomic E-state index is 13.2. The molecule has 4 fully saturated rings. The second kappa shape index (κ2) is 17.0. The highest BCUT2D eigenvalue weighted by molar-refractivity contribution is 6.03. The molecule has 1 N–H and O–H groups in total. The van der Waals surface area contributed by atoms with E-state index in [1.54, 1.807) is 28.9 Å². The van der Waals surface area contributed by atoms with Gasteiger partial charge in [0.05, 0.1) is 50.0 Å². The van der Waals surface area contributed by atoms with Crippen LogP contribution in [-0.2, 0) is 15.6 Å². The summed E-state index contributed by atoms with van der Waals surface area (Å²) in [5, 5.41) is 9.71. The summed E-state index contributed by atoms with van der Waals surface area (Å²) in [4.78, 5) is 46.0. The van der Waals surface area contributed by atoms with Crippen LogP contribution in [-0.4, -0.2) is 75.8 Å². The van der Waals surface area contributed by atoms with E-state index in [0.717, 1.165) is 68.8 Å². The van der Waals surface area contributed by atoms with Crippen molar-refractivity contribution in [2.45, 2.75) is 88.3 Å². The van der Waals surface area contributed by atoms with Gasteiger partial charge in [-0.25, -0.2) is 9.97 Å². The summed E-state index contributed by atoms with van der Waals surface area (Å²) < 4.78 is 76.7. The number of Topliss-reactive ketones (excluding diaryl/α,β-unsaturated/α-hetero) is 2. The predicted molar refractivity (Wildman–Crippen MR) is 226 cm³/mol. The molecule has 334 valence electrons. The van der Waals surface area contributed by atoms with Gasteiger partial charge in [-0.15, -0.1) is 0 Å². The number of methoxy groups -OCH3 is 2. The van der Waals surface area contributed by atoms with Crippen LogP contribution in [0.25, 0.3) is 33.8 Å². The first-order valence-electron chi connectivity index (χ1n) is 21.3. The standard InChI is InChI=1S/C24H24F2N2O4.C24H22F2N2O4/c2*1-31-19-9-15(10-20(32-23(25)26)22(19)18(30)8-14-2-3-14)17-12-27-21-11-16(4-7-28(17)21)24(13-29)5-6-24/h4,7,9-12,14,23,29H,2-3,5-6,8,13H2,1H3;4,7,9-14,23H,2-3,5-6,8H2,1H3. The minimum Gasteiger partial charge on any atom is -0.496 e. The number of alkyl halides is 4. The SMILES string of the molecule is COc1cc(-c2cnc3cc(C4(C=O)CC4)ccn23)cc(OC(F)F)c1C(=O)CC1CC1.COc1cc(-c2cnc3cc(C4(CO)CC4)ccn23)cc(OC(F)F)c1C(=O)CC1CC1. The highest BCUT2D eigenvalue weighted by Crippen LogP contribution is 2.49.